The van der Waals surface area contributed by atoms with E-state index in [4.69, 9.17) is 14.2 Å². The number of morpholine rings is 1. The van der Waals surface area contributed by atoms with Crippen molar-refractivity contribution >= 4 is 11.9 Å². The largest absolute Gasteiger partial charge is 0.507 e. The number of rotatable bonds is 4. The number of fused-ring (bicyclic) bond motifs is 1. The van der Waals surface area contributed by atoms with Crippen molar-refractivity contribution in [1.29, 1.82) is 0 Å². The number of aromatic hydroxyl groups is 1. The Balaban J connectivity index is 1.69. The van der Waals surface area contributed by atoms with Crippen molar-refractivity contribution < 1.29 is 24.1 Å². The molecule has 4 rings (SSSR count). The summed E-state index contributed by atoms with van der Waals surface area (Å²) in [6.07, 6.45) is 1.71. The fourth-order valence-corrected chi connectivity index (χ4v) is 3.60. The maximum absolute atomic E-state index is 13.0. The van der Waals surface area contributed by atoms with Crippen molar-refractivity contribution in [2.24, 2.45) is 0 Å². The lowest BCUT2D eigenvalue weighted by atomic mass is 9.99. The molecule has 1 N–H and O–H groups in total. The first-order valence-electron chi connectivity index (χ1n) is 9.30. The van der Waals surface area contributed by atoms with Gasteiger partial charge in [-0.1, -0.05) is 12.1 Å². The third kappa shape index (κ3) is 3.48. The average molecular weight is 381 g/mol. The molecule has 2 heterocycles. The highest BCUT2D eigenvalue weighted by molar-refractivity contribution is 6.15. The van der Waals surface area contributed by atoms with Crippen LogP contribution in [0.5, 0.6) is 17.2 Å². The molecule has 1 fully saturated rings. The Labute approximate surface area is 163 Å². The smallest absolute Gasteiger partial charge is 0.232 e. The summed E-state index contributed by atoms with van der Waals surface area (Å²) in [5, 5.41) is 10.5. The average Bonchev–Trinajstić information content (AvgIpc) is 3.02. The summed E-state index contributed by atoms with van der Waals surface area (Å²) in [5.74, 6) is 1.40. The van der Waals surface area contributed by atoms with E-state index in [0.29, 0.717) is 47.9 Å². The van der Waals surface area contributed by atoms with Crippen molar-refractivity contribution in [1.82, 2.24) is 4.90 Å². The van der Waals surface area contributed by atoms with E-state index in [1.54, 1.807) is 19.3 Å². The number of aryl methyl sites for hydroxylation is 1. The zero-order valence-electron chi connectivity index (χ0n) is 16.0. The number of hydrogen-bond donors (Lipinski definition) is 1. The summed E-state index contributed by atoms with van der Waals surface area (Å²) in [4.78, 5) is 15.2. The first kappa shape index (κ1) is 18.5. The molecule has 0 aliphatic carbocycles. The molecule has 0 spiro atoms. The van der Waals surface area contributed by atoms with Crippen molar-refractivity contribution in [2.75, 3.05) is 33.4 Å². The molecule has 0 atom stereocenters. The van der Waals surface area contributed by atoms with E-state index in [1.807, 2.05) is 31.2 Å². The third-order valence-corrected chi connectivity index (χ3v) is 5.10. The van der Waals surface area contributed by atoms with Gasteiger partial charge < -0.3 is 19.3 Å². The number of hydrogen-bond acceptors (Lipinski definition) is 6. The van der Waals surface area contributed by atoms with Gasteiger partial charge in [-0.05, 0) is 42.3 Å². The summed E-state index contributed by atoms with van der Waals surface area (Å²) in [5.41, 5.74) is 2.68. The molecule has 2 aromatic carbocycles. The predicted octanol–water partition coefficient (Wildman–Crippen LogP) is 3.16. The number of methoxy groups -OCH3 is 1. The molecule has 0 saturated carbocycles. The van der Waals surface area contributed by atoms with Crippen LogP contribution in [0.3, 0.4) is 0 Å². The maximum Gasteiger partial charge on any atom is 0.232 e. The molecule has 1 saturated heterocycles. The lowest BCUT2D eigenvalue weighted by molar-refractivity contribution is 0.0336. The van der Waals surface area contributed by atoms with Gasteiger partial charge in [-0.3, -0.25) is 9.69 Å². The van der Waals surface area contributed by atoms with Crippen molar-refractivity contribution in [3.8, 4) is 17.2 Å². The third-order valence-electron chi connectivity index (χ3n) is 5.10. The van der Waals surface area contributed by atoms with Crippen LogP contribution in [0.25, 0.3) is 6.08 Å². The molecule has 28 heavy (non-hydrogen) atoms. The summed E-state index contributed by atoms with van der Waals surface area (Å²) >= 11 is 0. The molecule has 0 amide bonds. The molecular formula is C22H23NO5. The van der Waals surface area contributed by atoms with Gasteiger partial charge in [-0.25, -0.2) is 0 Å². The van der Waals surface area contributed by atoms with Gasteiger partial charge >= 0.3 is 0 Å². The zero-order valence-corrected chi connectivity index (χ0v) is 16.0. The second kappa shape index (κ2) is 7.66. The SMILES string of the molecule is COc1cccc(/C=C2\Oc3c(CN4CCOCC4)c(O)cc(C)c3C2=O)c1. The van der Waals surface area contributed by atoms with E-state index in [2.05, 4.69) is 4.90 Å². The van der Waals surface area contributed by atoms with E-state index in [9.17, 15) is 9.90 Å². The van der Waals surface area contributed by atoms with Crippen molar-refractivity contribution in [2.45, 2.75) is 13.5 Å². The van der Waals surface area contributed by atoms with Crippen LogP contribution in [0, 0.1) is 6.92 Å². The molecular weight excluding hydrogens is 358 g/mol. The van der Waals surface area contributed by atoms with E-state index in [0.717, 1.165) is 18.7 Å². The van der Waals surface area contributed by atoms with Crippen LogP contribution in [0.2, 0.25) is 0 Å². The van der Waals surface area contributed by atoms with Crippen LogP contribution in [-0.2, 0) is 11.3 Å². The van der Waals surface area contributed by atoms with E-state index >= 15 is 0 Å². The van der Waals surface area contributed by atoms with Gasteiger partial charge in [-0.2, -0.15) is 0 Å². The Morgan fingerprint density at radius 1 is 1.25 bits per heavy atom. The van der Waals surface area contributed by atoms with Crippen molar-refractivity contribution in [3.05, 3.63) is 58.3 Å². The van der Waals surface area contributed by atoms with Crippen LogP contribution in [0.4, 0.5) is 0 Å². The molecule has 0 aromatic heterocycles. The Morgan fingerprint density at radius 3 is 2.79 bits per heavy atom. The van der Waals surface area contributed by atoms with Gasteiger partial charge in [0, 0.05) is 19.6 Å². The molecule has 6 nitrogen and oxygen atoms in total. The Morgan fingerprint density at radius 2 is 2.04 bits per heavy atom. The molecule has 0 unspecified atom stereocenters. The minimum Gasteiger partial charge on any atom is -0.507 e. The van der Waals surface area contributed by atoms with Crippen LogP contribution in [-0.4, -0.2) is 49.2 Å². The van der Waals surface area contributed by atoms with Gasteiger partial charge in [0.25, 0.3) is 0 Å². The Hall–Kier alpha value is -2.83. The van der Waals surface area contributed by atoms with Gasteiger partial charge in [0.1, 0.15) is 17.2 Å². The first-order chi connectivity index (χ1) is 13.6. The second-order valence-corrected chi connectivity index (χ2v) is 7.00. The molecule has 0 bridgehead atoms. The molecule has 0 radical (unpaired) electrons. The summed E-state index contributed by atoms with van der Waals surface area (Å²) < 4.78 is 16.6. The van der Waals surface area contributed by atoms with Gasteiger partial charge in [0.2, 0.25) is 5.78 Å². The minimum absolute atomic E-state index is 0.151. The van der Waals surface area contributed by atoms with E-state index in [1.165, 1.54) is 0 Å². The quantitative estimate of drug-likeness (QED) is 0.821. The number of phenolic OH excluding ortho intramolecular Hbond substituents is 1. The highest BCUT2D eigenvalue weighted by Gasteiger charge is 2.33. The molecule has 2 aliphatic heterocycles. The summed E-state index contributed by atoms with van der Waals surface area (Å²) in [7, 11) is 1.60. The fourth-order valence-electron chi connectivity index (χ4n) is 3.60. The normalized spacial score (nSPS) is 18.2. The molecule has 146 valence electrons. The number of Topliss-reactive ketones (excluding diaryl/α,β-unsaturated/α-hetero) is 1. The molecule has 2 aromatic rings. The topological polar surface area (TPSA) is 68.2 Å². The van der Waals surface area contributed by atoms with Gasteiger partial charge in [0.15, 0.2) is 5.76 Å². The number of carbonyl (C=O) groups excluding carboxylic acids is 1. The first-order valence-corrected chi connectivity index (χ1v) is 9.30. The Kier molecular flexibility index (Phi) is 5.07. The Bertz CT molecular complexity index is 944. The number of ketones is 1. The number of ether oxygens (including phenoxy) is 3. The highest BCUT2D eigenvalue weighted by atomic mass is 16.5. The lowest BCUT2D eigenvalue weighted by Gasteiger charge is -2.27. The lowest BCUT2D eigenvalue weighted by Crippen LogP contribution is -2.35. The molecule has 6 heteroatoms. The molecule has 2 aliphatic rings. The van der Waals surface area contributed by atoms with Crippen molar-refractivity contribution in [3.63, 3.8) is 0 Å². The number of benzene rings is 2. The predicted molar refractivity (Wildman–Crippen MR) is 105 cm³/mol. The maximum atomic E-state index is 13.0. The summed E-state index contributed by atoms with van der Waals surface area (Å²) in [6.45, 7) is 5.21. The number of allylic oxidation sites excluding steroid dienone is 1. The van der Waals surface area contributed by atoms with Crippen LogP contribution in [0.1, 0.15) is 27.0 Å². The minimum atomic E-state index is -0.168. The highest BCUT2D eigenvalue weighted by Crippen LogP contribution is 2.42. The van der Waals surface area contributed by atoms with E-state index < -0.39 is 0 Å². The number of phenols is 1. The zero-order chi connectivity index (χ0) is 19.7. The van der Waals surface area contributed by atoms with Crippen LogP contribution in [0.15, 0.2) is 36.1 Å². The van der Waals surface area contributed by atoms with E-state index in [-0.39, 0.29) is 17.3 Å². The van der Waals surface area contributed by atoms with Crippen LogP contribution >= 0.6 is 0 Å². The number of carbonyl (C=O) groups is 1. The number of nitrogens with zero attached hydrogens (tertiary/aromatic N) is 1. The standard InChI is InChI=1S/C22H23NO5/c1-14-10-18(24)17(13-23-6-8-27-9-7-23)22-20(14)21(25)19(28-22)12-15-4-3-5-16(11-15)26-2/h3-5,10-12,24H,6-9,13H2,1-2H3/b19-12-. The second-order valence-electron chi connectivity index (χ2n) is 7.00. The monoisotopic (exact) mass is 381 g/mol. The summed E-state index contributed by atoms with van der Waals surface area (Å²) in [6, 6.07) is 9.07. The fraction of sp³-hybridized carbons (Fsp3) is 0.318. The van der Waals surface area contributed by atoms with Gasteiger partial charge in [-0.15, -0.1) is 0 Å². The van der Waals surface area contributed by atoms with Crippen LogP contribution < -0.4 is 9.47 Å². The van der Waals surface area contributed by atoms with Gasteiger partial charge in [0.05, 0.1) is 31.5 Å².